The summed E-state index contributed by atoms with van der Waals surface area (Å²) >= 11 is 4.43. The summed E-state index contributed by atoms with van der Waals surface area (Å²) in [7, 11) is 0. The van der Waals surface area contributed by atoms with Crippen molar-refractivity contribution in [1.29, 1.82) is 0 Å². The average molecular weight is 342 g/mol. The molecule has 0 saturated carbocycles. The fourth-order valence-corrected chi connectivity index (χ4v) is 12.5. The van der Waals surface area contributed by atoms with Crippen LogP contribution in [0.1, 0.15) is 38.5 Å². The van der Waals surface area contributed by atoms with Gasteiger partial charge in [0.25, 0.3) is 0 Å². The standard InChI is InChI=1S/C16H25BrNP/c17-19(14-8-3-9-15-19,16-10-4-1-5-11-16)18-12-6-2-7-13-18/h1,4-5,10-11H,2-3,6-9,12-15H2. The summed E-state index contributed by atoms with van der Waals surface area (Å²) in [6.45, 7) is 2.61. The number of piperidine rings is 1. The van der Waals surface area contributed by atoms with Crippen molar-refractivity contribution in [3.63, 3.8) is 0 Å². The third-order valence-electron chi connectivity index (χ3n) is 5.04. The van der Waals surface area contributed by atoms with Crippen LogP contribution in [0.3, 0.4) is 0 Å². The Morgan fingerprint density at radius 3 is 2.00 bits per heavy atom. The summed E-state index contributed by atoms with van der Waals surface area (Å²) in [6.07, 6.45) is 11.2. The Balaban J connectivity index is 2.04. The first-order valence-electron chi connectivity index (χ1n) is 7.77. The summed E-state index contributed by atoms with van der Waals surface area (Å²) in [6, 6.07) is 11.4. The molecule has 0 aromatic heterocycles. The van der Waals surface area contributed by atoms with E-state index in [1.54, 1.807) is 5.30 Å². The first kappa shape index (κ1) is 14.0. The number of benzene rings is 1. The van der Waals surface area contributed by atoms with Crippen molar-refractivity contribution in [3.05, 3.63) is 30.3 Å². The zero-order valence-electron chi connectivity index (χ0n) is 11.7. The van der Waals surface area contributed by atoms with Gasteiger partial charge >= 0.3 is 125 Å². The topological polar surface area (TPSA) is 3.24 Å². The molecule has 0 unspecified atom stereocenters. The SMILES string of the molecule is BrP1(c2ccccc2)(N2CCCCC2)CCCCC1. The van der Waals surface area contributed by atoms with Gasteiger partial charge in [-0.2, -0.15) is 0 Å². The third kappa shape index (κ3) is 2.41. The molecule has 0 N–H and O–H groups in total. The summed E-state index contributed by atoms with van der Waals surface area (Å²) in [5, 5.41) is 1.61. The van der Waals surface area contributed by atoms with Gasteiger partial charge in [-0.3, -0.25) is 0 Å². The van der Waals surface area contributed by atoms with Crippen LogP contribution in [0.25, 0.3) is 0 Å². The number of hydrogen-bond acceptors (Lipinski definition) is 1. The molecular formula is C16H25BrNP. The second-order valence-corrected chi connectivity index (χ2v) is 15.8. The molecule has 0 spiro atoms. The van der Waals surface area contributed by atoms with E-state index < -0.39 is 5.46 Å². The van der Waals surface area contributed by atoms with Crippen LogP contribution in [0.5, 0.6) is 0 Å². The molecule has 0 radical (unpaired) electrons. The van der Waals surface area contributed by atoms with Crippen molar-refractivity contribution in [2.24, 2.45) is 0 Å². The maximum absolute atomic E-state index is 4.43. The van der Waals surface area contributed by atoms with Crippen molar-refractivity contribution in [3.8, 4) is 0 Å². The van der Waals surface area contributed by atoms with Crippen LogP contribution >= 0.6 is 20.9 Å². The van der Waals surface area contributed by atoms with E-state index >= 15 is 0 Å². The van der Waals surface area contributed by atoms with Crippen LogP contribution in [0.4, 0.5) is 0 Å². The van der Waals surface area contributed by atoms with Crippen LogP contribution in [0.15, 0.2) is 30.3 Å². The van der Waals surface area contributed by atoms with Gasteiger partial charge in [0, 0.05) is 0 Å². The second kappa shape index (κ2) is 5.47. The fourth-order valence-electron chi connectivity index (χ4n) is 3.96. The Kier molecular flexibility index (Phi) is 4.04. The first-order chi connectivity index (χ1) is 9.23. The van der Waals surface area contributed by atoms with E-state index in [9.17, 15) is 0 Å². The van der Waals surface area contributed by atoms with Crippen molar-refractivity contribution < 1.29 is 0 Å². The van der Waals surface area contributed by atoms with Gasteiger partial charge in [0.15, 0.2) is 0 Å². The average Bonchev–Trinajstić information content (AvgIpc) is 2.50. The third-order valence-corrected chi connectivity index (χ3v) is 15.3. The van der Waals surface area contributed by atoms with Gasteiger partial charge in [-0.1, -0.05) is 0 Å². The van der Waals surface area contributed by atoms with Crippen molar-refractivity contribution in [1.82, 2.24) is 4.67 Å². The predicted octanol–water partition coefficient (Wildman–Crippen LogP) is 4.76. The van der Waals surface area contributed by atoms with E-state index in [1.807, 2.05) is 0 Å². The Morgan fingerprint density at radius 1 is 0.789 bits per heavy atom. The molecule has 106 valence electrons. The van der Waals surface area contributed by atoms with E-state index in [2.05, 4.69) is 50.5 Å². The van der Waals surface area contributed by atoms with E-state index in [1.165, 1.54) is 63.9 Å². The number of hydrogen-bond donors (Lipinski definition) is 0. The molecule has 2 heterocycles. The normalized spacial score (nSPS) is 29.2. The molecule has 0 atom stereocenters. The molecule has 2 fully saturated rings. The molecule has 0 amide bonds. The maximum atomic E-state index is 4.43. The van der Waals surface area contributed by atoms with E-state index in [0.29, 0.717) is 0 Å². The van der Waals surface area contributed by atoms with E-state index in [4.69, 9.17) is 0 Å². The summed E-state index contributed by atoms with van der Waals surface area (Å²) in [5.41, 5.74) is -2.00. The van der Waals surface area contributed by atoms with Crippen molar-refractivity contribution in [2.45, 2.75) is 38.5 Å². The van der Waals surface area contributed by atoms with Crippen molar-refractivity contribution >= 4 is 26.3 Å². The Morgan fingerprint density at radius 2 is 1.37 bits per heavy atom. The van der Waals surface area contributed by atoms with Gasteiger partial charge in [-0.25, -0.2) is 0 Å². The van der Waals surface area contributed by atoms with Gasteiger partial charge in [-0.15, -0.1) is 0 Å². The zero-order valence-corrected chi connectivity index (χ0v) is 14.2. The van der Waals surface area contributed by atoms with Crippen LogP contribution in [-0.2, 0) is 0 Å². The number of nitrogens with zero attached hydrogens (tertiary/aromatic N) is 1. The van der Waals surface area contributed by atoms with Gasteiger partial charge in [0.1, 0.15) is 0 Å². The van der Waals surface area contributed by atoms with Crippen molar-refractivity contribution in [2.75, 3.05) is 25.4 Å². The molecular weight excluding hydrogens is 317 g/mol. The van der Waals surface area contributed by atoms with E-state index in [0.717, 1.165) is 0 Å². The molecule has 2 saturated heterocycles. The summed E-state index contributed by atoms with van der Waals surface area (Å²) in [5.74, 6) is 0. The van der Waals surface area contributed by atoms with Crippen LogP contribution < -0.4 is 5.30 Å². The molecule has 3 heteroatoms. The Bertz CT molecular complexity index is 422. The van der Waals surface area contributed by atoms with Gasteiger partial charge < -0.3 is 0 Å². The van der Waals surface area contributed by atoms with Crippen LogP contribution in [-0.4, -0.2) is 30.1 Å². The first-order valence-corrected chi connectivity index (χ1v) is 12.3. The number of rotatable bonds is 2. The Hall–Kier alpha value is 0.0900. The fraction of sp³-hybridized carbons (Fsp3) is 0.625. The van der Waals surface area contributed by atoms with E-state index in [-0.39, 0.29) is 0 Å². The molecule has 2 aliphatic rings. The zero-order chi connectivity index (χ0) is 13.2. The minimum atomic E-state index is -2.00. The van der Waals surface area contributed by atoms with Gasteiger partial charge in [0.05, 0.1) is 0 Å². The predicted molar refractivity (Wildman–Crippen MR) is 90.9 cm³/mol. The monoisotopic (exact) mass is 341 g/mol. The van der Waals surface area contributed by atoms with Gasteiger partial charge in [0.2, 0.25) is 0 Å². The molecule has 1 aromatic carbocycles. The van der Waals surface area contributed by atoms with Crippen LogP contribution in [0.2, 0.25) is 0 Å². The minimum absolute atomic E-state index is 1.30. The summed E-state index contributed by atoms with van der Waals surface area (Å²) in [4.78, 5) is 0. The molecule has 0 bridgehead atoms. The molecule has 1 nitrogen and oxygen atoms in total. The molecule has 2 aliphatic heterocycles. The van der Waals surface area contributed by atoms with Gasteiger partial charge in [-0.05, 0) is 0 Å². The molecule has 1 aromatic rings. The van der Waals surface area contributed by atoms with Crippen LogP contribution in [0, 0.1) is 0 Å². The Labute approximate surface area is 125 Å². The second-order valence-electron chi connectivity index (χ2n) is 6.18. The molecule has 19 heavy (non-hydrogen) atoms. The molecule has 3 rings (SSSR count). The quantitative estimate of drug-likeness (QED) is 0.701. The molecule has 0 aliphatic carbocycles. The number of halogens is 1. The summed E-state index contributed by atoms with van der Waals surface area (Å²) < 4.78 is 2.88.